The summed E-state index contributed by atoms with van der Waals surface area (Å²) in [6, 6.07) is 5.58. The molecule has 0 unspecified atom stereocenters. The van der Waals surface area contributed by atoms with E-state index in [0.29, 0.717) is 15.8 Å². The molecule has 1 aromatic carbocycles. The zero-order valence-electron chi connectivity index (χ0n) is 11.4. The van der Waals surface area contributed by atoms with Gasteiger partial charge in [-0.05, 0) is 66.4 Å². The molecule has 2 N–H and O–H groups in total. The number of hydrogen-bond donors (Lipinski definition) is 2. The average molecular weight is 440 g/mol. The standard InChI is InChI=1S/C13H14FIN2O2S2/c1-8-5-13(20-12(8)7-16-2)21(18,19)17-11-4-3-9(14)6-10(11)15/h3-6,16-17H,7H2,1-2H3. The average Bonchev–Trinajstić information content (AvgIpc) is 2.76. The smallest absolute Gasteiger partial charge is 0.271 e. The zero-order valence-corrected chi connectivity index (χ0v) is 15.2. The molecule has 114 valence electrons. The van der Waals surface area contributed by atoms with Gasteiger partial charge in [0.25, 0.3) is 10.0 Å². The van der Waals surface area contributed by atoms with Gasteiger partial charge < -0.3 is 5.32 Å². The van der Waals surface area contributed by atoms with Crippen LogP contribution in [-0.2, 0) is 16.6 Å². The van der Waals surface area contributed by atoms with Crippen LogP contribution in [0.15, 0.2) is 28.5 Å². The largest absolute Gasteiger partial charge is 0.315 e. The van der Waals surface area contributed by atoms with Crippen molar-refractivity contribution in [2.75, 3.05) is 11.8 Å². The Balaban J connectivity index is 2.32. The first-order valence-electron chi connectivity index (χ1n) is 6.05. The van der Waals surface area contributed by atoms with E-state index in [1.165, 1.54) is 29.5 Å². The monoisotopic (exact) mass is 440 g/mol. The lowest BCUT2D eigenvalue weighted by atomic mass is 10.3. The minimum atomic E-state index is -3.66. The summed E-state index contributed by atoms with van der Waals surface area (Å²) in [5.74, 6) is -0.398. The maximum absolute atomic E-state index is 13.1. The summed E-state index contributed by atoms with van der Waals surface area (Å²) in [6.45, 7) is 2.50. The van der Waals surface area contributed by atoms with E-state index in [1.807, 2.05) is 36.6 Å². The second-order valence-electron chi connectivity index (χ2n) is 4.43. The van der Waals surface area contributed by atoms with Crippen molar-refractivity contribution in [3.05, 3.63) is 44.1 Å². The van der Waals surface area contributed by atoms with Gasteiger partial charge in [-0.2, -0.15) is 0 Å². The van der Waals surface area contributed by atoms with E-state index in [2.05, 4.69) is 10.0 Å². The van der Waals surface area contributed by atoms with Crippen LogP contribution >= 0.6 is 33.9 Å². The molecule has 0 radical (unpaired) electrons. The summed E-state index contributed by atoms with van der Waals surface area (Å²) in [6.07, 6.45) is 0. The van der Waals surface area contributed by atoms with E-state index in [4.69, 9.17) is 0 Å². The highest BCUT2D eigenvalue weighted by molar-refractivity contribution is 14.1. The topological polar surface area (TPSA) is 58.2 Å². The molecule has 2 rings (SSSR count). The highest BCUT2D eigenvalue weighted by atomic mass is 127. The van der Waals surface area contributed by atoms with Crippen LogP contribution in [0.5, 0.6) is 0 Å². The Hall–Kier alpha value is -0.710. The van der Waals surface area contributed by atoms with E-state index in [9.17, 15) is 12.8 Å². The Morgan fingerprint density at radius 2 is 2.05 bits per heavy atom. The van der Waals surface area contributed by atoms with E-state index in [-0.39, 0.29) is 4.21 Å². The predicted molar refractivity (Wildman–Crippen MR) is 91.7 cm³/mol. The number of nitrogens with one attached hydrogen (secondary N) is 2. The molecule has 0 saturated heterocycles. The zero-order chi connectivity index (χ0) is 15.6. The minimum Gasteiger partial charge on any atom is -0.315 e. The predicted octanol–water partition coefficient (Wildman–Crippen LogP) is 3.32. The van der Waals surface area contributed by atoms with Gasteiger partial charge in [-0.15, -0.1) is 11.3 Å². The van der Waals surface area contributed by atoms with Crippen LogP contribution in [0.1, 0.15) is 10.4 Å². The van der Waals surface area contributed by atoms with Crippen molar-refractivity contribution >= 4 is 49.6 Å². The SMILES string of the molecule is CNCc1sc(S(=O)(=O)Nc2ccc(F)cc2I)cc1C. The molecule has 0 amide bonds. The number of hydrogen-bond acceptors (Lipinski definition) is 4. The lowest BCUT2D eigenvalue weighted by molar-refractivity contribution is 0.602. The lowest BCUT2D eigenvalue weighted by Gasteiger charge is -2.08. The van der Waals surface area contributed by atoms with Gasteiger partial charge in [-0.25, -0.2) is 12.8 Å². The Bertz CT molecular complexity index is 760. The maximum atomic E-state index is 13.1. The van der Waals surface area contributed by atoms with Crippen molar-refractivity contribution in [3.63, 3.8) is 0 Å². The van der Waals surface area contributed by atoms with Gasteiger partial charge in [-0.1, -0.05) is 0 Å². The van der Waals surface area contributed by atoms with E-state index < -0.39 is 15.8 Å². The summed E-state index contributed by atoms with van der Waals surface area (Å²) in [7, 11) is -1.84. The molecule has 0 aliphatic heterocycles. The summed E-state index contributed by atoms with van der Waals surface area (Å²) in [5.41, 5.74) is 1.31. The van der Waals surface area contributed by atoms with Crippen LogP contribution in [0.4, 0.5) is 10.1 Å². The maximum Gasteiger partial charge on any atom is 0.271 e. The van der Waals surface area contributed by atoms with Crippen molar-refractivity contribution in [1.29, 1.82) is 0 Å². The van der Waals surface area contributed by atoms with E-state index in [1.54, 1.807) is 6.07 Å². The molecule has 21 heavy (non-hydrogen) atoms. The van der Waals surface area contributed by atoms with Gasteiger partial charge in [0, 0.05) is 15.0 Å². The van der Waals surface area contributed by atoms with Crippen molar-refractivity contribution in [3.8, 4) is 0 Å². The number of benzene rings is 1. The first kappa shape index (κ1) is 16.7. The molecule has 2 aromatic rings. The molecule has 0 spiro atoms. The lowest BCUT2D eigenvalue weighted by Crippen LogP contribution is -2.12. The van der Waals surface area contributed by atoms with Crippen LogP contribution in [0.2, 0.25) is 0 Å². The van der Waals surface area contributed by atoms with Crippen molar-refractivity contribution < 1.29 is 12.8 Å². The molecule has 4 nitrogen and oxygen atoms in total. The third-order valence-electron chi connectivity index (χ3n) is 2.78. The fourth-order valence-electron chi connectivity index (χ4n) is 1.72. The Morgan fingerprint density at radius 1 is 1.33 bits per heavy atom. The van der Waals surface area contributed by atoms with Gasteiger partial charge in [0.05, 0.1) is 5.69 Å². The molecule has 8 heteroatoms. The molecule has 0 fully saturated rings. The second-order valence-corrected chi connectivity index (χ2v) is 8.64. The summed E-state index contributed by atoms with van der Waals surface area (Å²) in [5, 5.41) is 3.01. The van der Waals surface area contributed by atoms with Gasteiger partial charge in [0.1, 0.15) is 10.0 Å². The van der Waals surface area contributed by atoms with Crippen molar-refractivity contribution in [2.24, 2.45) is 0 Å². The summed E-state index contributed by atoms with van der Waals surface area (Å²) in [4.78, 5) is 0.978. The molecule has 0 aliphatic rings. The van der Waals surface area contributed by atoms with E-state index in [0.717, 1.165) is 10.4 Å². The summed E-state index contributed by atoms with van der Waals surface area (Å²) >= 11 is 3.13. The first-order valence-corrected chi connectivity index (χ1v) is 9.43. The Labute approximate surface area is 141 Å². The van der Waals surface area contributed by atoms with Gasteiger partial charge in [0.2, 0.25) is 0 Å². The van der Waals surface area contributed by atoms with Crippen LogP contribution in [0.25, 0.3) is 0 Å². The van der Waals surface area contributed by atoms with Crippen molar-refractivity contribution in [2.45, 2.75) is 17.7 Å². The van der Waals surface area contributed by atoms with Crippen LogP contribution < -0.4 is 10.0 Å². The number of anilines is 1. The number of rotatable bonds is 5. The molecule has 0 bridgehead atoms. The highest BCUT2D eigenvalue weighted by Gasteiger charge is 2.20. The number of aryl methyl sites for hydroxylation is 1. The van der Waals surface area contributed by atoms with Gasteiger partial charge in [-0.3, -0.25) is 4.72 Å². The minimum absolute atomic E-state index is 0.255. The van der Waals surface area contributed by atoms with Gasteiger partial charge in [0.15, 0.2) is 0 Å². The second kappa shape index (κ2) is 6.59. The Morgan fingerprint density at radius 3 is 2.67 bits per heavy atom. The molecule has 0 atom stereocenters. The molecule has 0 saturated carbocycles. The normalized spacial score (nSPS) is 11.6. The molecular weight excluding hydrogens is 426 g/mol. The van der Waals surface area contributed by atoms with Gasteiger partial charge >= 0.3 is 0 Å². The third kappa shape index (κ3) is 3.93. The molecule has 1 aromatic heterocycles. The molecule has 0 aliphatic carbocycles. The number of halogens is 2. The number of sulfonamides is 1. The molecule has 1 heterocycles. The quantitative estimate of drug-likeness (QED) is 0.702. The fraction of sp³-hybridized carbons (Fsp3) is 0.231. The Kier molecular flexibility index (Phi) is 5.23. The third-order valence-corrected chi connectivity index (χ3v) is 6.74. The van der Waals surface area contributed by atoms with Crippen LogP contribution in [0.3, 0.4) is 0 Å². The van der Waals surface area contributed by atoms with Crippen LogP contribution in [-0.4, -0.2) is 15.5 Å². The van der Waals surface area contributed by atoms with E-state index >= 15 is 0 Å². The van der Waals surface area contributed by atoms with Crippen molar-refractivity contribution in [1.82, 2.24) is 5.32 Å². The summed E-state index contributed by atoms with van der Waals surface area (Å²) < 4.78 is 41.1. The highest BCUT2D eigenvalue weighted by Crippen LogP contribution is 2.29. The first-order chi connectivity index (χ1) is 9.83. The molecular formula is C13H14FIN2O2S2. The number of thiophene rings is 1. The van der Waals surface area contributed by atoms with Crippen LogP contribution in [0, 0.1) is 16.3 Å². The fourth-order valence-corrected chi connectivity index (χ4v) is 5.20.